The van der Waals surface area contributed by atoms with E-state index in [1.165, 1.54) is 23.8 Å². The maximum Gasteiger partial charge on any atom is 0.454 e. The summed E-state index contributed by atoms with van der Waals surface area (Å²) < 4.78 is 73.0. The molecule has 51 heavy (non-hydrogen) atoms. The molecule has 1 aliphatic carbocycles. The molecule has 7 rings (SSSR count). The van der Waals surface area contributed by atoms with Crippen LogP contribution in [0.4, 0.5) is 29.6 Å². The zero-order valence-corrected chi connectivity index (χ0v) is 29.7. The summed E-state index contributed by atoms with van der Waals surface area (Å²) in [5, 5.41) is 13.9. The molecule has 5 heterocycles. The highest BCUT2D eigenvalue weighted by atomic mass is 19.4. The molecule has 0 bridgehead atoms. The Hall–Kier alpha value is -3.46. The van der Waals surface area contributed by atoms with E-state index < -0.39 is 30.7 Å². The van der Waals surface area contributed by atoms with Crippen LogP contribution in [0.5, 0.6) is 5.75 Å². The number of hydrogen-bond acceptors (Lipinski definition) is 10. The van der Waals surface area contributed by atoms with Gasteiger partial charge in [0.2, 0.25) is 5.82 Å². The lowest BCUT2D eigenvalue weighted by Crippen LogP contribution is -2.69. The molecule has 15 heteroatoms. The predicted molar refractivity (Wildman–Crippen MR) is 179 cm³/mol. The van der Waals surface area contributed by atoms with Crippen molar-refractivity contribution in [3.63, 3.8) is 0 Å². The van der Waals surface area contributed by atoms with Gasteiger partial charge in [-0.3, -0.25) is 4.90 Å². The molecule has 1 aromatic carbocycles. The smallest absolute Gasteiger partial charge is 0.454 e. The number of piperidine rings is 2. The van der Waals surface area contributed by atoms with Crippen molar-refractivity contribution >= 4 is 12.0 Å². The van der Waals surface area contributed by atoms with Crippen LogP contribution >= 0.6 is 0 Å². The summed E-state index contributed by atoms with van der Waals surface area (Å²) in [7, 11) is 0. The molecule has 3 atom stereocenters. The van der Waals surface area contributed by atoms with Gasteiger partial charge in [0, 0.05) is 56.9 Å². The average molecular weight is 721 g/mol. The van der Waals surface area contributed by atoms with Crippen LogP contribution in [0.1, 0.15) is 94.9 Å². The Kier molecular flexibility index (Phi) is 10.2. The number of aromatic nitrogens is 4. The number of β-amino-alcohol motifs (C(OH)–C–C–N with tert-alkyl or cyclic N) is 1. The van der Waals surface area contributed by atoms with Gasteiger partial charge in [-0.1, -0.05) is 29.8 Å². The van der Waals surface area contributed by atoms with E-state index in [1.54, 1.807) is 12.1 Å². The monoisotopic (exact) mass is 720 g/mol. The molecule has 4 aliphatic rings. The number of anilines is 2. The van der Waals surface area contributed by atoms with Gasteiger partial charge in [-0.25, -0.2) is 8.91 Å². The minimum Gasteiger partial charge on any atom is -0.493 e. The van der Waals surface area contributed by atoms with Crippen LogP contribution in [-0.2, 0) is 6.42 Å². The Morgan fingerprint density at radius 1 is 1.02 bits per heavy atom. The molecule has 0 amide bonds. The Labute approximate surface area is 295 Å². The average Bonchev–Trinajstić information content (AvgIpc) is 3.47. The maximum absolute atomic E-state index is 14.7. The van der Waals surface area contributed by atoms with E-state index in [1.807, 2.05) is 11.7 Å². The second-order valence-corrected chi connectivity index (χ2v) is 15.3. The zero-order chi connectivity index (χ0) is 35.9. The number of aliphatic hydroxyl groups is 1. The lowest BCUT2D eigenvalue weighted by Gasteiger charge is -2.47. The van der Waals surface area contributed by atoms with Crippen molar-refractivity contribution in [2.45, 2.75) is 95.9 Å². The van der Waals surface area contributed by atoms with Crippen molar-refractivity contribution in [2.24, 2.45) is 17.8 Å². The zero-order valence-electron chi connectivity index (χ0n) is 29.7. The number of likely N-dealkylation sites (tertiary alicyclic amines) is 1. The van der Waals surface area contributed by atoms with E-state index in [0.29, 0.717) is 53.5 Å². The number of ether oxygens (including phenoxy) is 1. The van der Waals surface area contributed by atoms with Crippen molar-refractivity contribution in [3.8, 4) is 5.75 Å². The number of rotatable bonds is 13. The Morgan fingerprint density at radius 3 is 2.43 bits per heavy atom. The lowest BCUT2D eigenvalue weighted by molar-refractivity contribution is -0.879. The minimum absolute atomic E-state index is 0.156. The van der Waals surface area contributed by atoms with Crippen molar-refractivity contribution in [1.82, 2.24) is 20.0 Å². The number of benzene rings is 1. The van der Waals surface area contributed by atoms with Crippen LogP contribution in [0.2, 0.25) is 0 Å². The first-order chi connectivity index (χ1) is 24.4. The summed E-state index contributed by atoms with van der Waals surface area (Å²) in [4.78, 5) is 15.5. The summed E-state index contributed by atoms with van der Waals surface area (Å²) in [6.07, 6.45) is 3.34. The Morgan fingerprint density at radius 2 is 1.75 bits per heavy atom. The van der Waals surface area contributed by atoms with Crippen LogP contribution in [-0.4, -0.2) is 89.3 Å². The van der Waals surface area contributed by atoms with Gasteiger partial charge in [0.1, 0.15) is 11.6 Å². The van der Waals surface area contributed by atoms with Crippen LogP contribution in [0.15, 0.2) is 27.2 Å². The van der Waals surface area contributed by atoms with Gasteiger partial charge in [-0.05, 0) is 87.7 Å². The van der Waals surface area contributed by atoms with Gasteiger partial charge in [-0.2, -0.15) is 18.2 Å². The first-order valence-electron chi connectivity index (χ1n) is 18.6. The summed E-state index contributed by atoms with van der Waals surface area (Å²) in [5.74, 6) is 3.52. The van der Waals surface area contributed by atoms with Crippen molar-refractivity contribution in [2.75, 3.05) is 62.2 Å². The molecule has 4 fully saturated rings. The second-order valence-electron chi connectivity index (χ2n) is 15.3. The quantitative estimate of drug-likeness (QED) is 0.175. The van der Waals surface area contributed by atoms with Gasteiger partial charge in [0.05, 0.1) is 12.5 Å². The van der Waals surface area contributed by atoms with Crippen molar-refractivity contribution < 1.29 is 41.2 Å². The molecule has 280 valence electrons. The van der Waals surface area contributed by atoms with Crippen LogP contribution in [0.25, 0.3) is 0 Å². The van der Waals surface area contributed by atoms with Gasteiger partial charge < -0.3 is 24.2 Å². The normalized spacial score (nSPS) is 23.5. The highest BCUT2D eigenvalue weighted by Crippen LogP contribution is 2.50. The van der Waals surface area contributed by atoms with Gasteiger partial charge in [0.15, 0.2) is 11.6 Å². The largest absolute Gasteiger partial charge is 0.493 e. The molecule has 3 unspecified atom stereocenters. The molecule has 2 aromatic heterocycles. The topological polar surface area (TPSA) is 108 Å². The first-order valence-corrected chi connectivity index (χ1v) is 18.6. The summed E-state index contributed by atoms with van der Waals surface area (Å²) >= 11 is 0. The highest BCUT2D eigenvalue weighted by Gasteiger charge is 2.60. The molecular weight excluding hydrogens is 670 g/mol. The number of alkyl halides is 3. The van der Waals surface area contributed by atoms with E-state index in [2.05, 4.69) is 28.8 Å². The predicted octanol–water partition coefficient (Wildman–Crippen LogP) is 5.68. The molecule has 1 N–H and O–H groups in total. The van der Waals surface area contributed by atoms with Crippen molar-refractivity contribution in [1.29, 1.82) is 0 Å². The van der Waals surface area contributed by atoms with Gasteiger partial charge in [-0.15, -0.1) is 0 Å². The molecule has 3 saturated heterocycles. The fraction of sp³-hybridized carbons (Fsp3) is 0.722. The molecular formula is C36H50F4N7O4+. The lowest BCUT2D eigenvalue weighted by atomic mass is 9.90. The van der Waals surface area contributed by atoms with Gasteiger partial charge >= 0.3 is 24.0 Å². The molecule has 3 aliphatic heterocycles. The summed E-state index contributed by atoms with van der Waals surface area (Å²) in [6, 6.07) is 5.66. The number of halogens is 4. The Balaban J connectivity index is 0.845. The Bertz CT molecular complexity index is 1630. The molecule has 11 nitrogen and oxygen atoms in total. The minimum atomic E-state index is -4.65. The summed E-state index contributed by atoms with van der Waals surface area (Å²) in [5.41, 5.74) is -2.24. The highest BCUT2D eigenvalue weighted by molar-refractivity contribution is 5.30. The fourth-order valence-electron chi connectivity index (χ4n) is 7.96. The van der Waals surface area contributed by atoms with Crippen LogP contribution in [0.3, 0.4) is 0 Å². The van der Waals surface area contributed by atoms with E-state index in [-0.39, 0.29) is 24.9 Å². The standard InChI is InChI=1S/C36H50F4N7O4/c1-23(2)32-42-34(51-47(32)24(3)31-41-33(50-43-31)45-13-5-4-6-14-45)46-16-10-25(11-17-46)29-19-27(29)12-18-49-28-8-7-26(30(37)20-28)9-15-44-21-35(48,22-44)36(38,39)40/h7-8,20,23-25,27,29,48H,4-6,9-19,21-22H2,1-3H3/q+1. The van der Waals surface area contributed by atoms with E-state index >= 15 is 0 Å². The van der Waals surface area contributed by atoms with E-state index in [9.17, 15) is 22.7 Å². The van der Waals surface area contributed by atoms with E-state index in [4.69, 9.17) is 23.8 Å². The molecule has 1 saturated carbocycles. The summed E-state index contributed by atoms with van der Waals surface area (Å²) in [6.45, 7) is 9.66. The van der Waals surface area contributed by atoms with Gasteiger partial charge in [0.25, 0.3) is 0 Å². The first kappa shape index (κ1) is 35.9. The maximum atomic E-state index is 14.7. The number of hydrogen-bond donors (Lipinski definition) is 1. The second kappa shape index (κ2) is 14.5. The molecule has 3 aromatic rings. The van der Waals surface area contributed by atoms with Crippen molar-refractivity contribution in [3.05, 3.63) is 41.2 Å². The third-order valence-electron chi connectivity index (χ3n) is 11.3. The third kappa shape index (κ3) is 7.84. The van der Waals surface area contributed by atoms with E-state index in [0.717, 1.165) is 64.1 Å². The molecule has 0 radical (unpaired) electrons. The number of nitrogens with zero attached hydrogens (tertiary/aromatic N) is 7. The van der Waals surface area contributed by atoms with Crippen LogP contribution in [0, 0.1) is 23.6 Å². The SMILES string of the molecule is CC(C)c1nc(N2CCC(C3CC3CCOc3ccc(CCN4CC(O)(C(F)(F)F)C4)c(F)c3)CC2)o[n+]1C(C)c1noc(N2CCCCC2)n1. The van der Waals surface area contributed by atoms with Crippen LogP contribution < -0.4 is 19.3 Å². The fourth-order valence-corrected chi connectivity index (χ4v) is 7.96. The third-order valence-corrected chi connectivity index (χ3v) is 11.3. The molecule has 0 spiro atoms.